The van der Waals surface area contributed by atoms with Crippen molar-refractivity contribution >= 4 is 23.1 Å². The molecule has 100 valence electrons. The molecular formula is C13H21ClN4. The van der Waals surface area contributed by atoms with Crippen LogP contribution in [-0.2, 0) is 0 Å². The molecule has 1 aliphatic rings. The van der Waals surface area contributed by atoms with E-state index in [2.05, 4.69) is 28.7 Å². The summed E-state index contributed by atoms with van der Waals surface area (Å²) in [5.74, 6) is 0.802. The van der Waals surface area contributed by atoms with Gasteiger partial charge in [0.1, 0.15) is 0 Å². The monoisotopic (exact) mass is 268 g/mol. The van der Waals surface area contributed by atoms with Crippen LogP contribution in [0.25, 0.3) is 0 Å². The van der Waals surface area contributed by atoms with E-state index in [4.69, 9.17) is 17.3 Å². The van der Waals surface area contributed by atoms with Gasteiger partial charge in [0.15, 0.2) is 5.82 Å². The Morgan fingerprint density at radius 2 is 2.00 bits per heavy atom. The first kappa shape index (κ1) is 13.4. The second-order valence-corrected chi connectivity index (χ2v) is 5.53. The summed E-state index contributed by atoms with van der Waals surface area (Å²) in [5, 5.41) is 0.280. The van der Waals surface area contributed by atoms with E-state index in [1.807, 2.05) is 6.92 Å². The quantitative estimate of drug-likeness (QED) is 0.856. The van der Waals surface area contributed by atoms with Gasteiger partial charge in [-0.3, -0.25) is 0 Å². The Balaban J connectivity index is 2.29. The number of nitrogens with zero attached hydrogens (tertiary/aromatic N) is 3. The van der Waals surface area contributed by atoms with Crippen molar-refractivity contribution in [3.05, 3.63) is 11.0 Å². The van der Waals surface area contributed by atoms with Gasteiger partial charge >= 0.3 is 0 Å². The molecule has 0 aliphatic carbocycles. The molecule has 2 N–H and O–H groups in total. The van der Waals surface area contributed by atoms with Crippen LogP contribution in [0.3, 0.4) is 0 Å². The predicted molar refractivity (Wildman–Crippen MR) is 76.0 cm³/mol. The molecule has 1 aromatic heterocycles. The van der Waals surface area contributed by atoms with Crippen LogP contribution in [0.2, 0.25) is 5.28 Å². The topological polar surface area (TPSA) is 55.0 Å². The molecule has 0 saturated carbocycles. The maximum absolute atomic E-state index is 6.08. The predicted octanol–water partition coefficient (Wildman–Crippen LogP) is 3.04. The van der Waals surface area contributed by atoms with E-state index in [1.54, 1.807) is 0 Å². The summed E-state index contributed by atoms with van der Waals surface area (Å²) < 4.78 is 0. The van der Waals surface area contributed by atoms with E-state index in [-0.39, 0.29) is 5.28 Å². The second kappa shape index (κ2) is 4.92. The third kappa shape index (κ3) is 2.26. The fraction of sp³-hybridized carbons (Fsp3) is 0.692. The van der Waals surface area contributed by atoms with Crippen LogP contribution in [0.4, 0.5) is 11.5 Å². The van der Waals surface area contributed by atoms with Crippen molar-refractivity contribution in [2.45, 2.75) is 40.0 Å². The van der Waals surface area contributed by atoms with Gasteiger partial charge in [-0.05, 0) is 43.2 Å². The van der Waals surface area contributed by atoms with Crippen molar-refractivity contribution in [2.75, 3.05) is 23.7 Å². The highest BCUT2D eigenvalue weighted by Crippen LogP contribution is 2.40. The number of halogens is 1. The van der Waals surface area contributed by atoms with Crippen molar-refractivity contribution in [3.8, 4) is 0 Å². The molecular weight excluding hydrogens is 248 g/mol. The average Bonchev–Trinajstić information content (AvgIpc) is 2.79. The molecule has 0 spiro atoms. The lowest BCUT2D eigenvalue weighted by Crippen LogP contribution is -2.27. The highest BCUT2D eigenvalue weighted by Gasteiger charge is 2.36. The molecule has 1 fully saturated rings. The molecule has 0 amide bonds. The molecule has 0 unspecified atom stereocenters. The summed E-state index contributed by atoms with van der Waals surface area (Å²) in [7, 11) is 0. The normalized spacial score (nSPS) is 18.3. The third-order valence-electron chi connectivity index (χ3n) is 4.33. The van der Waals surface area contributed by atoms with Gasteiger partial charge in [0.2, 0.25) is 5.28 Å². The smallest absolute Gasteiger partial charge is 0.224 e. The molecule has 0 bridgehead atoms. The van der Waals surface area contributed by atoms with E-state index in [0.717, 1.165) is 24.6 Å². The largest absolute Gasteiger partial charge is 0.394 e. The van der Waals surface area contributed by atoms with Crippen molar-refractivity contribution in [1.82, 2.24) is 9.97 Å². The Morgan fingerprint density at radius 3 is 2.56 bits per heavy atom. The summed E-state index contributed by atoms with van der Waals surface area (Å²) in [4.78, 5) is 10.6. The van der Waals surface area contributed by atoms with Gasteiger partial charge in [0.25, 0.3) is 0 Å². The Kier molecular flexibility index (Phi) is 3.66. The van der Waals surface area contributed by atoms with Crippen LogP contribution < -0.4 is 10.6 Å². The molecule has 0 atom stereocenters. The molecule has 0 aromatic carbocycles. The van der Waals surface area contributed by atoms with E-state index < -0.39 is 0 Å². The first-order chi connectivity index (χ1) is 8.51. The summed E-state index contributed by atoms with van der Waals surface area (Å²) in [6.07, 6.45) is 3.58. The molecule has 1 aliphatic heterocycles. The number of nitrogens with two attached hydrogens (primary N) is 1. The number of nitrogen functional groups attached to an aromatic ring is 1. The standard InChI is InChI=1S/C13H21ClN4/c1-4-13(5-2)6-7-18(8-13)11-10(15)9(3)16-12(14)17-11/h4-8,15H2,1-3H3. The zero-order chi connectivity index (χ0) is 13.3. The van der Waals surface area contributed by atoms with Gasteiger partial charge in [-0.15, -0.1) is 0 Å². The van der Waals surface area contributed by atoms with Crippen LogP contribution in [0.5, 0.6) is 0 Å². The lowest BCUT2D eigenvalue weighted by Gasteiger charge is -2.27. The second-order valence-electron chi connectivity index (χ2n) is 5.19. The number of hydrogen-bond acceptors (Lipinski definition) is 4. The van der Waals surface area contributed by atoms with Crippen molar-refractivity contribution in [1.29, 1.82) is 0 Å². The Morgan fingerprint density at radius 1 is 1.33 bits per heavy atom. The van der Waals surface area contributed by atoms with Crippen LogP contribution in [0.1, 0.15) is 38.8 Å². The minimum absolute atomic E-state index is 0.280. The summed E-state index contributed by atoms with van der Waals surface area (Å²) in [5.41, 5.74) is 7.89. The van der Waals surface area contributed by atoms with E-state index in [0.29, 0.717) is 11.1 Å². The van der Waals surface area contributed by atoms with Crippen LogP contribution >= 0.6 is 11.6 Å². The highest BCUT2D eigenvalue weighted by atomic mass is 35.5. The summed E-state index contributed by atoms with van der Waals surface area (Å²) in [6.45, 7) is 8.40. The van der Waals surface area contributed by atoms with Crippen molar-refractivity contribution in [2.24, 2.45) is 5.41 Å². The maximum Gasteiger partial charge on any atom is 0.224 e. The van der Waals surface area contributed by atoms with Gasteiger partial charge < -0.3 is 10.6 Å². The molecule has 4 nitrogen and oxygen atoms in total. The van der Waals surface area contributed by atoms with Gasteiger partial charge in [-0.25, -0.2) is 4.98 Å². The summed E-state index contributed by atoms with van der Waals surface area (Å²) in [6, 6.07) is 0. The van der Waals surface area contributed by atoms with Crippen LogP contribution in [0, 0.1) is 12.3 Å². The fourth-order valence-electron chi connectivity index (χ4n) is 2.72. The van der Waals surface area contributed by atoms with Crippen molar-refractivity contribution < 1.29 is 0 Å². The molecule has 0 radical (unpaired) electrons. The number of aromatic nitrogens is 2. The average molecular weight is 269 g/mol. The summed E-state index contributed by atoms with van der Waals surface area (Å²) >= 11 is 5.93. The molecule has 5 heteroatoms. The molecule has 1 saturated heterocycles. The lowest BCUT2D eigenvalue weighted by molar-refractivity contribution is 0.301. The minimum Gasteiger partial charge on any atom is -0.394 e. The van der Waals surface area contributed by atoms with Gasteiger partial charge in [-0.1, -0.05) is 13.8 Å². The zero-order valence-electron chi connectivity index (χ0n) is 11.3. The number of hydrogen-bond donors (Lipinski definition) is 1. The van der Waals surface area contributed by atoms with Gasteiger partial charge in [0.05, 0.1) is 11.4 Å². The number of anilines is 2. The molecule has 18 heavy (non-hydrogen) atoms. The van der Waals surface area contributed by atoms with Crippen LogP contribution in [0.15, 0.2) is 0 Å². The molecule has 1 aromatic rings. The van der Waals surface area contributed by atoms with E-state index in [9.17, 15) is 0 Å². The van der Waals surface area contributed by atoms with Crippen LogP contribution in [-0.4, -0.2) is 23.1 Å². The first-order valence-electron chi connectivity index (χ1n) is 6.56. The first-order valence-corrected chi connectivity index (χ1v) is 6.93. The Hall–Kier alpha value is -1.03. The fourth-order valence-corrected chi connectivity index (χ4v) is 2.92. The third-order valence-corrected chi connectivity index (χ3v) is 4.50. The van der Waals surface area contributed by atoms with E-state index in [1.165, 1.54) is 19.3 Å². The number of rotatable bonds is 3. The Labute approximate surface area is 114 Å². The minimum atomic E-state index is 0.280. The molecule has 2 rings (SSSR count). The number of aryl methyl sites for hydroxylation is 1. The van der Waals surface area contributed by atoms with Gasteiger partial charge in [-0.2, -0.15) is 4.98 Å². The van der Waals surface area contributed by atoms with E-state index >= 15 is 0 Å². The van der Waals surface area contributed by atoms with Crippen molar-refractivity contribution in [3.63, 3.8) is 0 Å². The lowest BCUT2D eigenvalue weighted by atomic mass is 9.82. The highest BCUT2D eigenvalue weighted by molar-refractivity contribution is 6.28. The Bertz CT molecular complexity index is 443. The zero-order valence-corrected chi connectivity index (χ0v) is 12.1. The van der Waals surface area contributed by atoms with Gasteiger partial charge in [0, 0.05) is 13.1 Å². The SMILES string of the molecule is CCC1(CC)CCN(c2nc(Cl)nc(C)c2N)C1. The molecule has 2 heterocycles. The maximum atomic E-state index is 6.08.